The maximum Gasteiger partial charge on any atom is 0.163 e. The number of rotatable bonds is 4. The lowest BCUT2D eigenvalue weighted by molar-refractivity contribution is 0.101. The van der Waals surface area contributed by atoms with E-state index in [0.717, 1.165) is 6.61 Å². The number of carbonyl (C=O) groups is 1. The molecule has 1 aliphatic rings. The molecule has 1 aromatic carbocycles. The molecule has 0 saturated carbocycles. The number of carbonyl (C=O) groups excluding carboxylic acids is 1. The standard InChI is InChI=1S/C11H12O3/c1-8(12)10-4-2-3-5-11(10)14-7-9-6-13-9/h2-5,9H,6-7H2,1H3. The summed E-state index contributed by atoms with van der Waals surface area (Å²) in [5, 5.41) is 0. The minimum Gasteiger partial charge on any atom is -0.490 e. The van der Waals surface area contributed by atoms with Gasteiger partial charge in [-0.25, -0.2) is 0 Å². The Bertz CT molecular complexity index is 342. The molecule has 0 radical (unpaired) electrons. The fraction of sp³-hybridized carbons (Fsp3) is 0.364. The number of hydrogen-bond acceptors (Lipinski definition) is 3. The van der Waals surface area contributed by atoms with E-state index in [0.29, 0.717) is 17.9 Å². The average Bonchev–Trinajstić information content (AvgIpc) is 2.98. The maximum absolute atomic E-state index is 11.2. The van der Waals surface area contributed by atoms with Crippen LogP contribution in [0.1, 0.15) is 17.3 Å². The first-order valence-corrected chi connectivity index (χ1v) is 4.62. The zero-order valence-electron chi connectivity index (χ0n) is 8.03. The van der Waals surface area contributed by atoms with Crippen LogP contribution in [0.5, 0.6) is 5.75 Å². The van der Waals surface area contributed by atoms with Crippen molar-refractivity contribution in [3.05, 3.63) is 29.8 Å². The van der Waals surface area contributed by atoms with E-state index < -0.39 is 0 Å². The van der Waals surface area contributed by atoms with Gasteiger partial charge >= 0.3 is 0 Å². The van der Waals surface area contributed by atoms with Crippen LogP contribution in [-0.2, 0) is 4.74 Å². The number of benzene rings is 1. The molecule has 74 valence electrons. The van der Waals surface area contributed by atoms with E-state index in [1.54, 1.807) is 12.1 Å². The summed E-state index contributed by atoms with van der Waals surface area (Å²) in [5.41, 5.74) is 0.633. The van der Waals surface area contributed by atoms with Crippen LogP contribution in [0, 0.1) is 0 Å². The zero-order chi connectivity index (χ0) is 9.97. The van der Waals surface area contributed by atoms with Gasteiger partial charge in [-0.3, -0.25) is 4.79 Å². The first-order chi connectivity index (χ1) is 6.77. The second kappa shape index (κ2) is 3.80. The van der Waals surface area contributed by atoms with Crippen molar-refractivity contribution < 1.29 is 14.3 Å². The largest absolute Gasteiger partial charge is 0.490 e. The second-order valence-corrected chi connectivity index (χ2v) is 3.32. The number of ketones is 1. The van der Waals surface area contributed by atoms with Gasteiger partial charge < -0.3 is 9.47 Å². The van der Waals surface area contributed by atoms with Crippen molar-refractivity contribution in [2.45, 2.75) is 13.0 Å². The van der Waals surface area contributed by atoms with Crippen molar-refractivity contribution >= 4 is 5.78 Å². The summed E-state index contributed by atoms with van der Waals surface area (Å²) in [7, 11) is 0. The number of Topliss-reactive ketones (excluding diaryl/α,β-unsaturated/α-hetero) is 1. The van der Waals surface area contributed by atoms with Crippen LogP contribution in [0.3, 0.4) is 0 Å². The molecule has 3 nitrogen and oxygen atoms in total. The molecule has 1 aromatic rings. The molecule has 0 amide bonds. The molecule has 1 aliphatic heterocycles. The number of para-hydroxylation sites is 1. The van der Waals surface area contributed by atoms with Crippen molar-refractivity contribution in [2.75, 3.05) is 13.2 Å². The van der Waals surface area contributed by atoms with E-state index in [4.69, 9.17) is 9.47 Å². The third-order valence-electron chi connectivity index (χ3n) is 2.09. The summed E-state index contributed by atoms with van der Waals surface area (Å²) in [4.78, 5) is 11.2. The number of ether oxygens (including phenoxy) is 2. The van der Waals surface area contributed by atoms with Crippen molar-refractivity contribution in [3.63, 3.8) is 0 Å². The van der Waals surface area contributed by atoms with Crippen LogP contribution in [-0.4, -0.2) is 25.1 Å². The van der Waals surface area contributed by atoms with E-state index in [1.807, 2.05) is 12.1 Å². The first kappa shape index (κ1) is 9.21. The molecule has 3 heteroatoms. The molecule has 1 fully saturated rings. The van der Waals surface area contributed by atoms with Gasteiger partial charge in [-0.15, -0.1) is 0 Å². The van der Waals surface area contributed by atoms with Gasteiger partial charge in [-0.1, -0.05) is 12.1 Å². The Balaban J connectivity index is 2.09. The quantitative estimate of drug-likeness (QED) is 0.538. The fourth-order valence-electron chi connectivity index (χ4n) is 1.23. The molecule has 2 rings (SSSR count). The summed E-state index contributed by atoms with van der Waals surface area (Å²) >= 11 is 0. The van der Waals surface area contributed by atoms with Crippen molar-refractivity contribution in [1.82, 2.24) is 0 Å². The van der Waals surface area contributed by atoms with Crippen molar-refractivity contribution in [1.29, 1.82) is 0 Å². The number of epoxide rings is 1. The molecule has 0 aliphatic carbocycles. The predicted octanol–water partition coefficient (Wildman–Crippen LogP) is 1.67. The number of hydrogen-bond donors (Lipinski definition) is 0. The monoisotopic (exact) mass is 192 g/mol. The van der Waals surface area contributed by atoms with Gasteiger partial charge in [0.05, 0.1) is 12.2 Å². The van der Waals surface area contributed by atoms with Gasteiger partial charge in [0.15, 0.2) is 5.78 Å². The molecule has 1 heterocycles. The fourth-order valence-corrected chi connectivity index (χ4v) is 1.23. The molecule has 14 heavy (non-hydrogen) atoms. The molecule has 0 spiro atoms. The summed E-state index contributed by atoms with van der Waals surface area (Å²) in [6.45, 7) is 2.84. The highest BCUT2D eigenvalue weighted by atomic mass is 16.6. The van der Waals surface area contributed by atoms with E-state index in [9.17, 15) is 4.79 Å². The average molecular weight is 192 g/mol. The molecule has 0 bridgehead atoms. The zero-order valence-corrected chi connectivity index (χ0v) is 8.03. The smallest absolute Gasteiger partial charge is 0.163 e. The van der Waals surface area contributed by atoms with Crippen LogP contribution < -0.4 is 4.74 Å². The van der Waals surface area contributed by atoms with Crippen LogP contribution in [0.15, 0.2) is 24.3 Å². The SMILES string of the molecule is CC(=O)c1ccccc1OCC1CO1. The molecule has 1 saturated heterocycles. The Morgan fingerprint density at radius 2 is 2.29 bits per heavy atom. The van der Waals surface area contributed by atoms with Crippen molar-refractivity contribution in [2.24, 2.45) is 0 Å². The normalized spacial score (nSPS) is 19.1. The van der Waals surface area contributed by atoms with Crippen LogP contribution in [0.4, 0.5) is 0 Å². The molecular weight excluding hydrogens is 180 g/mol. The molecule has 1 unspecified atom stereocenters. The van der Waals surface area contributed by atoms with Crippen LogP contribution in [0.25, 0.3) is 0 Å². The third-order valence-corrected chi connectivity index (χ3v) is 2.09. The third kappa shape index (κ3) is 2.12. The lowest BCUT2D eigenvalue weighted by Crippen LogP contribution is -2.07. The minimum absolute atomic E-state index is 0.0253. The molecular formula is C11H12O3. The van der Waals surface area contributed by atoms with Crippen LogP contribution >= 0.6 is 0 Å². The van der Waals surface area contributed by atoms with E-state index >= 15 is 0 Å². The van der Waals surface area contributed by atoms with Gasteiger partial charge in [0.25, 0.3) is 0 Å². The molecule has 0 N–H and O–H groups in total. The highest BCUT2D eigenvalue weighted by Gasteiger charge is 2.23. The Morgan fingerprint density at radius 1 is 1.57 bits per heavy atom. The van der Waals surface area contributed by atoms with E-state index in [2.05, 4.69) is 0 Å². The molecule has 1 atom stereocenters. The maximum atomic E-state index is 11.2. The second-order valence-electron chi connectivity index (χ2n) is 3.32. The van der Waals surface area contributed by atoms with Gasteiger partial charge in [-0.05, 0) is 19.1 Å². The summed E-state index contributed by atoms with van der Waals surface area (Å²) in [6, 6.07) is 7.26. The van der Waals surface area contributed by atoms with Gasteiger partial charge in [-0.2, -0.15) is 0 Å². The lowest BCUT2D eigenvalue weighted by atomic mass is 10.1. The Morgan fingerprint density at radius 3 is 2.93 bits per heavy atom. The van der Waals surface area contributed by atoms with Gasteiger partial charge in [0.2, 0.25) is 0 Å². The summed E-state index contributed by atoms with van der Waals surface area (Å²) in [6.07, 6.45) is 0.218. The Kier molecular flexibility index (Phi) is 2.50. The van der Waals surface area contributed by atoms with E-state index in [-0.39, 0.29) is 11.9 Å². The lowest BCUT2D eigenvalue weighted by Gasteiger charge is -2.07. The highest BCUT2D eigenvalue weighted by molar-refractivity contribution is 5.96. The Labute approximate surface area is 82.6 Å². The summed E-state index contributed by atoms with van der Waals surface area (Å²) < 4.78 is 10.5. The highest BCUT2D eigenvalue weighted by Crippen LogP contribution is 2.20. The Hall–Kier alpha value is -1.35. The predicted molar refractivity (Wildman–Crippen MR) is 51.7 cm³/mol. The minimum atomic E-state index is 0.0253. The van der Waals surface area contributed by atoms with E-state index in [1.165, 1.54) is 6.92 Å². The summed E-state index contributed by atoms with van der Waals surface area (Å²) in [5.74, 6) is 0.674. The van der Waals surface area contributed by atoms with Crippen LogP contribution in [0.2, 0.25) is 0 Å². The van der Waals surface area contributed by atoms with Gasteiger partial charge in [0, 0.05) is 0 Å². The van der Waals surface area contributed by atoms with Crippen molar-refractivity contribution in [3.8, 4) is 5.75 Å². The topological polar surface area (TPSA) is 38.8 Å². The molecule has 0 aromatic heterocycles. The first-order valence-electron chi connectivity index (χ1n) is 4.62. The van der Waals surface area contributed by atoms with Gasteiger partial charge in [0.1, 0.15) is 18.5 Å².